The smallest absolute Gasteiger partial charge is 0.249 e. The summed E-state index contributed by atoms with van der Waals surface area (Å²) >= 11 is 0. The van der Waals surface area contributed by atoms with Crippen LogP contribution in [0.25, 0.3) is 0 Å². The van der Waals surface area contributed by atoms with E-state index in [-0.39, 0.29) is 18.0 Å². The van der Waals surface area contributed by atoms with Crippen molar-refractivity contribution in [3.63, 3.8) is 0 Å². The zero-order valence-electron chi connectivity index (χ0n) is 8.83. The third-order valence-electron chi connectivity index (χ3n) is 1.84. The molecule has 0 radical (unpaired) electrons. The van der Waals surface area contributed by atoms with Crippen molar-refractivity contribution in [3.05, 3.63) is 0 Å². The summed E-state index contributed by atoms with van der Waals surface area (Å²) in [5, 5.41) is 2.82. The summed E-state index contributed by atoms with van der Waals surface area (Å²) in [5.41, 5.74) is 5.60. The Bertz CT molecular complexity index is 160. The number of hydrogen-bond donors (Lipinski definition) is 2. The van der Waals surface area contributed by atoms with Crippen LogP contribution < -0.4 is 11.1 Å². The summed E-state index contributed by atoms with van der Waals surface area (Å²) in [6.07, 6.45) is 0.387. The van der Waals surface area contributed by atoms with Crippen LogP contribution in [-0.2, 0) is 9.53 Å². The molecule has 78 valence electrons. The highest BCUT2D eigenvalue weighted by Crippen LogP contribution is 1.96. The molecule has 0 aromatic rings. The number of nitrogens with one attached hydrogen (secondary N) is 1. The molecule has 0 bridgehead atoms. The Morgan fingerprint density at radius 2 is 2.00 bits per heavy atom. The minimum Gasteiger partial charge on any atom is -0.372 e. The van der Waals surface area contributed by atoms with E-state index in [0.29, 0.717) is 0 Å². The first-order valence-electron chi connectivity index (χ1n) is 4.56. The Hall–Kier alpha value is -0.610. The van der Waals surface area contributed by atoms with E-state index < -0.39 is 6.10 Å². The van der Waals surface area contributed by atoms with E-state index in [4.69, 9.17) is 10.5 Å². The van der Waals surface area contributed by atoms with E-state index in [1.165, 1.54) is 7.11 Å². The molecule has 0 aromatic carbocycles. The molecule has 0 heterocycles. The summed E-state index contributed by atoms with van der Waals surface area (Å²) < 4.78 is 4.87. The lowest BCUT2D eigenvalue weighted by Gasteiger charge is -2.18. The van der Waals surface area contributed by atoms with Gasteiger partial charge >= 0.3 is 0 Å². The number of methoxy groups -OCH3 is 1. The molecule has 0 spiro atoms. The predicted octanol–water partition coefficient (Wildman–Crippen LogP) is 0.263. The van der Waals surface area contributed by atoms with Crippen molar-refractivity contribution in [2.45, 2.75) is 45.4 Å². The molecular weight excluding hydrogens is 168 g/mol. The van der Waals surface area contributed by atoms with Crippen LogP contribution in [0.3, 0.4) is 0 Å². The average Bonchev–Trinajstić information content (AvgIpc) is 2.01. The van der Waals surface area contributed by atoms with E-state index >= 15 is 0 Å². The van der Waals surface area contributed by atoms with Crippen molar-refractivity contribution in [1.29, 1.82) is 0 Å². The summed E-state index contributed by atoms with van der Waals surface area (Å²) in [6.45, 7) is 5.57. The van der Waals surface area contributed by atoms with Gasteiger partial charge in [0.15, 0.2) is 0 Å². The van der Waals surface area contributed by atoms with E-state index in [0.717, 1.165) is 6.42 Å². The minimum absolute atomic E-state index is 0.0874. The summed E-state index contributed by atoms with van der Waals surface area (Å²) in [6, 6.07) is 0.207. The van der Waals surface area contributed by atoms with Crippen LogP contribution in [0.4, 0.5) is 0 Å². The Labute approximate surface area is 79.8 Å². The van der Waals surface area contributed by atoms with Gasteiger partial charge in [0.25, 0.3) is 0 Å². The van der Waals surface area contributed by atoms with Crippen LogP contribution in [0, 0.1) is 0 Å². The first-order valence-corrected chi connectivity index (χ1v) is 4.56. The first-order chi connectivity index (χ1) is 5.97. The molecule has 1 amide bonds. The zero-order chi connectivity index (χ0) is 10.4. The minimum atomic E-state index is -0.393. The maximum atomic E-state index is 11.3. The van der Waals surface area contributed by atoms with Gasteiger partial charge in [-0.15, -0.1) is 0 Å². The molecule has 3 atom stereocenters. The predicted molar refractivity (Wildman–Crippen MR) is 52.3 cm³/mol. The molecule has 13 heavy (non-hydrogen) atoms. The maximum Gasteiger partial charge on any atom is 0.249 e. The van der Waals surface area contributed by atoms with Crippen molar-refractivity contribution in [2.75, 3.05) is 7.11 Å². The highest BCUT2D eigenvalue weighted by atomic mass is 16.5. The quantitative estimate of drug-likeness (QED) is 0.650. The normalized spacial score (nSPS) is 17.6. The van der Waals surface area contributed by atoms with Gasteiger partial charge in [0.05, 0.1) is 0 Å². The topological polar surface area (TPSA) is 64.3 Å². The maximum absolute atomic E-state index is 11.3. The standard InChI is InChI=1S/C9H20N2O2/c1-6(10)5-7(2)11-9(12)8(3)13-4/h6-8H,5,10H2,1-4H3,(H,11,12). The number of ether oxygens (including phenoxy) is 1. The van der Waals surface area contributed by atoms with Crippen molar-refractivity contribution < 1.29 is 9.53 Å². The molecular formula is C9H20N2O2. The second-order valence-electron chi connectivity index (χ2n) is 3.50. The van der Waals surface area contributed by atoms with Gasteiger partial charge in [-0.25, -0.2) is 0 Å². The molecule has 3 N–H and O–H groups in total. The molecule has 0 rings (SSSR count). The number of hydrogen-bond acceptors (Lipinski definition) is 3. The van der Waals surface area contributed by atoms with E-state index in [1.807, 2.05) is 13.8 Å². The molecule has 4 heteroatoms. The van der Waals surface area contributed by atoms with Crippen molar-refractivity contribution in [1.82, 2.24) is 5.32 Å². The second kappa shape index (κ2) is 5.94. The van der Waals surface area contributed by atoms with Crippen LogP contribution in [0.5, 0.6) is 0 Å². The zero-order valence-corrected chi connectivity index (χ0v) is 8.83. The molecule has 0 aromatic heterocycles. The number of nitrogens with two attached hydrogens (primary N) is 1. The second-order valence-corrected chi connectivity index (χ2v) is 3.50. The third kappa shape index (κ3) is 5.60. The molecule has 0 saturated carbocycles. The van der Waals surface area contributed by atoms with Gasteiger partial charge in [-0.1, -0.05) is 0 Å². The fraction of sp³-hybridized carbons (Fsp3) is 0.889. The number of rotatable bonds is 5. The third-order valence-corrected chi connectivity index (χ3v) is 1.84. The van der Waals surface area contributed by atoms with Crippen molar-refractivity contribution in [2.24, 2.45) is 5.73 Å². The lowest BCUT2D eigenvalue weighted by Crippen LogP contribution is -2.41. The largest absolute Gasteiger partial charge is 0.372 e. The number of carbonyl (C=O) groups excluding carboxylic acids is 1. The molecule has 0 aliphatic rings. The van der Waals surface area contributed by atoms with Crippen molar-refractivity contribution >= 4 is 5.91 Å². The lowest BCUT2D eigenvalue weighted by molar-refractivity contribution is -0.130. The molecule has 0 aliphatic carbocycles. The Morgan fingerprint density at radius 1 is 1.46 bits per heavy atom. The van der Waals surface area contributed by atoms with Gasteiger partial charge in [-0.05, 0) is 27.2 Å². The first kappa shape index (κ1) is 12.4. The Morgan fingerprint density at radius 3 is 2.38 bits per heavy atom. The van der Waals surface area contributed by atoms with Gasteiger partial charge in [-0.2, -0.15) is 0 Å². The van der Waals surface area contributed by atoms with Gasteiger partial charge in [0, 0.05) is 19.2 Å². The fourth-order valence-corrected chi connectivity index (χ4v) is 1.08. The number of amides is 1. The summed E-state index contributed by atoms with van der Waals surface area (Å²) in [5.74, 6) is -0.0874. The SMILES string of the molecule is COC(C)C(=O)NC(C)CC(C)N. The molecule has 0 aliphatic heterocycles. The summed E-state index contributed by atoms with van der Waals surface area (Å²) in [4.78, 5) is 11.3. The highest BCUT2D eigenvalue weighted by Gasteiger charge is 2.14. The van der Waals surface area contributed by atoms with Crippen LogP contribution in [-0.4, -0.2) is 31.2 Å². The lowest BCUT2D eigenvalue weighted by atomic mass is 10.1. The van der Waals surface area contributed by atoms with Crippen LogP contribution in [0.1, 0.15) is 27.2 Å². The molecule has 4 nitrogen and oxygen atoms in total. The van der Waals surface area contributed by atoms with Crippen LogP contribution in [0.15, 0.2) is 0 Å². The molecule has 0 saturated heterocycles. The van der Waals surface area contributed by atoms with E-state index in [9.17, 15) is 4.79 Å². The van der Waals surface area contributed by atoms with Crippen LogP contribution in [0.2, 0.25) is 0 Å². The van der Waals surface area contributed by atoms with Gasteiger partial charge in [0.1, 0.15) is 6.10 Å². The Kier molecular flexibility index (Phi) is 5.66. The van der Waals surface area contributed by atoms with Gasteiger partial charge < -0.3 is 15.8 Å². The average molecular weight is 188 g/mol. The molecule has 0 fully saturated rings. The monoisotopic (exact) mass is 188 g/mol. The van der Waals surface area contributed by atoms with E-state index in [2.05, 4.69) is 5.32 Å². The van der Waals surface area contributed by atoms with Gasteiger partial charge in [-0.3, -0.25) is 4.79 Å². The van der Waals surface area contributed by atoms with E-state index in [1.54, 1.807) is 6.92 Å². The highest BCUT2D eigenvalue weighted by molar-refractivity contribution is 5.80. The summed E-state index contributed by atoms with van der Waals surface area (Å²) in [7, 11) is 1.51. The number of carbonyl (C=O) groups is 1. The van der Waals surface area contributed by atoms with Gasteiger partial charge in [0.2, 0.25) is 5.91 Å². The Balaban J connectivity index is 3.77. The molecule has 3 unspecified atom stereocenters. The van der Waals surface area contributed by atoms with Crippen molar-refractivity contribution in [3.8, 4) is 0 Å². The van der Waals surface area contributed by atoms with Crippen LogP contribution >= 0.6 is 0 Å². The fourth-order valence-electron chi connectivity index (χ4n) is 1.08.